The molecule has 3 rings (SSSR count). The quantitative estimate of drug-likeness (QED) is 0.484. The Bertz CT molecular complexity index is 995. The van der Waals surface area contributed by atoms with E-state index in [1.54, 1.807) is 25.3 Å². The first-order chi connectivity index (χ1) is 14.2. The van der Waals surface area contributed by atoms with Crippen molar-refractivity contribution in [1.29, 1.82) is 5.26 Å². The predicted molar refractivity (Wildman–Crippen MR) is 117 cm³/mol. The van der Waals surface area contributed by atoms with Crippen molar-refractivity contribution in [3.05, 3.63) is 77.9 Å². The number of nitrogens with zero attached hydrogens (tertiary/aromatic N) is 1. The summed E-state index contributed by atoms with van der Waals surface area (Å²) < 4.78 is 11.1. The van der Waals surface area contributed by atoms with Crippen LogP contribution in [0, 0.1) is 11.3 Å². The zero-order chi connectivity index (χ0) is 20.5. The van der Waals surface area contributed by atoms with E-state index < -0.39 is 0 Å². The first-order valence-corrected chi connectivity index (χ1v) is 9.58. The zero-order valence-electron chi connectivity index (χ0n) is 16.7. The van der Waals surface area contributed by atoms with Crippen molar-refractivity contribution in [2.75, 3.05) is 31.4 Å². The van der Waals surface area contributed by atoms with Crippen molar-refractivity contribution in [1.82, 2.24) is 0 Å². The minimum atomic E-state index is 0.511. The Morgan fingerprint density at radius 2 is 1.66 bits per heavy atom. The fourth-order valence-electron chi connectivity index (χ4n) is 3.10. The van der Waals surface area contributed by atoms with Gasteiger partial charge in [0.05, 0.1) is 30.7 Å². The molecular formula is C24H25N3O2. The lowest BCUT2D eigenvalue weighted by Crippen LogP contribution is -2.03. The molecule has 29 heavy (non-hydrogen) atoms. The summed E-state index contributed by atoms with van der Waals surface area (Å²) in [4.78, 5) is 0. The Labute approximate surface area is 171 Å². The SMILES string of the molecule is CNc1ccccc1Nc1ccccc1CCCOc1cc(OC)ccc1C#N. The molecule has 0 aromatic heterocycles. The lowest BCUT2D eigenvalue weighted by atomic mass is 10.1. The van der Waals surface area contributed by atoms with Gasteiger partial charge in [-0.2, -0.15) is 5.26 Å². The molecule has 0 aliphatic heterocycles. The maximum absolute atomic E-state index is 9.25. The molecule has 5 nitrogen and oxygen atoms in total. The standard InChI is InChI=1S/C24H25N3O2/c1-26-22-11-5-6-12-23(22)27-21-10-4-3-8-18(21)9-7-15-29-24-16-20(28-2)14-13-19(24)17-25/h3-6,8,10-14,16,26-27H,7,9,15H2,1-2H3. The second kappa shape index (κ2) is 10.0. The molecule has 0 bridgehead atoms. The number of anilines is 3. The van der Waals surface area contributed by atoms with E-state index in [-0.39, 0.29) is 0 Å². The molecule has 0 radical (unpaired) electrons. The van der Waals surface area contributed by atoms with E-state index in [2.05, 4.69) is 34.9 Å². The van der Waals surface area contributed by atoms with Gasteiger partial charge in [0.2, 0.25) is 0 Å². The van der Waals surface area contributed by atoms with Gasteiger partial charge in [0.25, 0.3) is 0 Å². The average molecular weight is 387 g/mol. The van der Waals surface area contributed by atoms with Crippen LogP contribution < -0.4 is 20.1 Å². The highest BCUT2D eigenvalue weighted by atomic mass is 16.5. The van der Waals surface area contributed by atoms with E-state index in [1.807, 2.05) is 37.4 Å². The van der Waals surface area contributed by atoms with E-state index >= 15 is 0 Å². The molecule has 0 amide bonds. The van der Waals surface area contributed by atoms with Gasteiger partial charge in [-0.15, -0.1) is 0 Å². The van der Waals surface area contributed by atoms with Crippen molar-refractivity contribution in [3.63, 3.8) is 0 Å². The van der Waals surface area contributed by atoms with Crippen LogP contribution in [-0.4, -0.2) is 20.8 Å². The molecule has 148 valence electrons. The van der Waals surface area contributed by atoms with Gasteiger partial charge in [-0.3, -0.25) is 0 Å². The van der Waals surface area contributed by atoms with Crippen LogP contribution >= 0.6 is 0 Å². The van der Waals surface area contributed by atoms with Crippen molar-refractivity contribution in [2.45, 2.75) is 12.8 Å². The highest BCUT2D eigenvalue weighted by molar-refractivity contribution is 5.75. The Balaban J connectivity index is 1.63. The zero-order valence-corrected chi connectivity index (χ0v) is 16.7. The van der Waals surface area contributed by atoms with Crippen LogP contribution in [0.1, 0.15) is 17.5 Å². The summed E-state index contributed by atoms with van der Waals surface area (Å²) in [6.45, 7) is 0.517. The van der Waals surface area contributed by atoms with Crippen LogP contribution in [0.3, 0.4) is 0 Å². The summed E-state index contributed by atoms with van der Waals surface area (Å²) in [5, 5.41) is 16.0. The number of para-hydroxylation sites is 3. The van der Waals surface area contributed by atoms with Gasteiger partial charge in [-0.25, -0.2) is 0 Å². The smallest absolute Gasteiger partial charge is 0.140 e. The monoisotopic (exact) mass is 387 g/mol. The number of benzene rings is 3. The number of hydrogen-bond donors (Lipinski definition) is 2. The van der Waals surface area contributed by atoms with Gasteiger partial charge in [0.15, 0.2) is 0 Å². The second-order valence-corrected chi connectivity index (χ2v) is 6.50. The number of nitrogens with one attached hydrogen (secondary N) is 2. The maximum atomic E-state index is 9.25. The molecule has 0 heterocycles. The molecule has 0 aliphatic rings. The Morgan fingerprint density at radius 1 is 0.931 bits per heavy atom. The summed E-state index contributed by atoms with van der Waals surface area (Å²) in [7, 11) is 3.51. The van der Waals surface area contributed by atoms with E-state index in [1.165, 1.54) is 5.56 Å². The third-order valence-electron chi connectivity index (χ3n) is 4.64. The summed E-state index contributed by atoms with van der Waals surface area (Å²) in [5.74, 6) is 1.23. The largest absolute Gasteiger partial charge is 0.497 e. The van der Waals surface area contributed by atoms with Crippen LogP contribution in [-0.2, 0) is 6.42 Å². The molecule has 0 aliphatic carbocycles. The summed E-state index contributed by atoms with van der Waals surface area (Å²) in [6, 6.07) is 23.8. The second-order valence-electron chi connectivity index (χ2n) is 6.50. The minimum absolute atomic E-state index is 0.511. The van der Waals surface area contributed by atoms with Crippen molar-refractivity contribution in [2.24, 2.45) is 0 Å². The fraction of sp³-hybridized carbons (Fsp3) is 0.208. The van der Waals surface area contributed by atoms with Gasteiger partial charge in [0, 0.05) is 18.8 Å². The van der Waals surface area contributed by atoms with Gasteiger partial charge in [0.1, 0.15) is 17.6 Å². The topological polar surface area (TPSA) is 66.3 Å². The van der Waals surface area contributed by atoms with E-state index in [4.69, 9.17) is 9.47 Å². The van der Waals surface area contributed by atoms with Gasteiger partial charge < -0.3 is 20.1 Å². The van der Waals surface area contributed by atoms with E-state index in [0.717, 1.165) is 29.9 Å². The number of methoxy groups -OCH3 is 1. The van der Waals surface area contributed by atoms with E-state index in [0.29, 0.717) is 23.7 Å². The van der Waals surface area contributed by atoms with E-state index in [9.17, 15) is 5.26 Å². The molecule has 3 aromatic rings. The van der Waals surface area contributed by atoms with Crippen molar-refractivity contribution in [3.8, 4) is 17.6 Å². The van der Waals surface area contributed by atoms with Gasteiger partial charge in [-0.05, 0) is 48.7 Å². The van der Waals surface area contributed by atoms with Crippen LogP contribution in [0.15, 0.2) is 66.7 Å². The van der Waals surface area contributed by atoms with Crippen molar-refractivity contribution >= 4 is 17.1 Å². The van der Waals surface area contributed by atoms with Gasteiger partial charge >= 0.3 is 0 Å². The Morgan fingerprint density at radius 3 is 2.38 bits per heavy atom. The van der Waals surface area contributed by atoms with Crippen LogP contribution in [0.5, 0.6) is 11.5 Å². The van der Waals surface area contributed by atoms with Crippen LogP contribution in [0.2, 0.25) is 0 Å². The Kier molecular flexibility index (Phi) is 6.96. The van der Waals surface area contributed by atoms with Crippen LogP contribution in [0.4, 0.5) is 17.1 Å². The maximum Gasteiger partial charge on any atom is 0.140 e. The molecule has 0 unspecified atom stereocenters. The highest BCUT2D eigenvalue weighted by Crippen LogP contribution is 2.28. The lowest BCUT2D eigenvalue weighted by molar-refractivity contribution is 0.307. The molecule has 5 heteroatoms. The summed E-state index contributed by atoms with van der Waals surface area (Å²) in [6.07, 6.45) is 1.69. The number of rotatable bonds is 9. The molecule has 0 saturated heterocycles. The van der Waals surface area contributed by atoms with Gasteiger partial charge in [-0.1, -0.05) is 30.3 Å². The number of hydrogen-bond acceptors (Lipinski definition) is 5. The minimum Gasteiger partial charge on any atom is -0.497 e. The molecule has 2 N–H and O–H groups in total. The number of nitriles is 1. The van der Waals surface area contributed by atoms with Crippen molar-refractivity contribution < 1.29 is 9.47 Å². The van der Waals surface area contributed by atoms with Crippen LogP contribution in [0.25, 0.3) is 0 Å². The highest BCUT2D eigenvalue weighted by Gasteiger charge is 2.07. The molecule has 0 spiro atoms. The molecule has 0 saturated carbocycles. The molecular weight excluding hydrogens is 362 g/mol. The summed E-state index contributed by atoms with van der Waals surface area (Å²) in [5.41, 5.74) is 4.89. The third-order valence-corrected chi connectivity index (χ3v) is 4.64. The molecule has 3 aromatic carbocycles. The fourth-order valence-corrected chi connectivity index (χ4v) is 3.10. The third kappa shape index (κ3) is 5.20. The Hall–Kier alpha value is -3.65. The lowest BCUT2D eigenvalue weighted by Gasteiger charge is -2.15. The predicted octanol–water partition coefficient (Wildman–Crippen LogP) is 5.36. The first-order valence-electron chi connectivity index (χ1n) is 9.58. The molecule has 0 fully saturated rings. The number of aryl methyl sites for hydroxylation is 1. The summed E-state index contributed by atoms with van der Waals surface area (Å²) >= 11 is 0. The normalized spacial score (nSPS) is 10.1. The number of ether oxygens (including phenoxy) is 2. The first kappa shape index (κ1) is 20.1. The molecule has 0 atom stereocenters. The average Bonchev–Trinajstić information content (AvgIpc) is 2.78.